The van der Waals surface area contributed by atoms with Crippen LogP contribution in [0.15, 0.2) is 53.4 Å². The Hall–Kier alpha value is -2.20. The minimum Gasteiger partial charge on any atom is -0.508 e. The summed E-state index contributed by atoms with van der Waals surface area (Å²) in [4.78, 5) is 12.6. The lowest BCUT2D eigenvalue weighted by Crippen LogP contribution is -2.10. The number of hydrogen-bond donors (Lipinski definition) is 1. The lowest BCUT2D eigenvalue weighted by Gasteiger charge is -2.19. The van der Waals surface area contributed by atoms with Gasteiger partial charge >= 0.3 is 5.97 Å². The fourth-order valence-electron chi connectivity index (χ4n) is 2.24. The molecule has 0 saturated carbocycles. The number of methoxy groups -OCH3 is 1. The van der Waals surface area contributed by atoms with Gasteiger partial charge in [-0.25, -0.2) is 4.79 Å². The van der Waals surface area contributed by atoms with Gasteiger partial charge in [0.2, 0.25) is 0 Å². The third-order valence-corrected chi connectivity index (χ3v) is 4.86. The van der Waals surface area contributed by atoms with Crippen LogP contribution < -0.4 is 0 Å². The number of thioether (sulfide) groups is 1. The van der Waals surface area contributed by atoms with Gasteiger partial charge in [0.05, 0.1) is 12.0 Å². The molecule has 132 valence electrons. The number of benzene rings is 2. The average Bonchev–Trinajstić information content (AvgIpc) is 2.59. The monoisotopic (exact) mass is 356 g/mol. The number of hydrogen-bond acceptors (Lipinski definition) is 4. The number of phenolic OH excluding ortho intramolecular Hbond substituents is 1. The second kappa shape index (κ2) is 8.26. The maximum absolute atomic E-state index is 12.0. The molecule has 1 N–H and O–H groups in total. The number of rotatable bonds is 5. The highest BCUT2D eigenvalue weighted by Gasteiger charge is 2.14. The number of ether oxygens (including phenoxy) is 1. The van der Waals surface area contributed by atoms with Crippen LogP contribution in [0.1, 0.15) is 37.5 Å². The van der Waals surface area contributed by atoms with Crippen molar-refractivity contribution in [3.63, 3.8) is 0 Å². The first kappa shape index (κ1) is 19.1. The van der Waals surface area contributed by atoms with E-state index >= 15 is 0 Å². The van der Waals surface area contributed by atoms with Gasteiger partial charge in [-0.3, -0.25) is 0 Å². The topological polar surface area (TPSA) is 46.5 Å². The number of esters is 1. The highest BCUT2D eigenvalue weighted by atomic mass is 32.2. The van der Waals surface area contributed by atoms with Gasteiger partial charge in [-0.2, -0.15) is 0 Å². The first-order chi connectivity index (χ1) is 11.8. The van der Waals surface area contributed by atoms with Crippen LogP contribution in [0.3, 0.4) is 0 Å². The van der Waals surface area contributed by atoms with E-state index in [4.69, 9.17) is 4.74 Å². The molecule has 0 bridgehead atoms. The molecule has 25 heavy (non-hydrogen) atoms. The van der Waals surface area contributed by atoms with Crippen LogP contribution in [-0.4, -0.2) is 18.2 Å². The molecule has 3 nitrogen and oxygen atoms in total. The molecule has 0 heterocycles. The van der Waals surface area contributed by atoms with Crippen LogP contribution in [0.5, 0.6) is 5.75 Å². The van der Waals surface area contributed by atoms with E-state index in [1.165, 1.54) is 24.4 Å². The maximum atomic E-state index is 12.0. The molecule has 0 aliphatic heterocycles. The third-order valence-electron chi connectivity index (χ3n) is 3.79. The molecule has 0 radical (unpaired) electrons. The molecule has 2 rings (SSSR count). The van der Waals surface area contributed by atoms with E-state index in [1.54, 1.807) is 30.3 Å². The first-order valence-corrected chi connectivity index (χ1v) is 9.09. The Balaban J connectivity index is 2.12. The van der Waals surface area contributed by atoms with Gasteiger partial charge in [-0.15, -0.1) is 11.8 Å². The quantitative estimate of drug-likeness (QED) is 0.595. The molecule has 0 fully saturated rings. The fourth-order valence-corrected chi connectivity index (χ4v) is 3.18. The van der Waals surface area contributed by atoms with Crippen LogP contribution >= 0.6 is 11.8 Å². The molecule has 4 heteroatoms. The zero-order chi connectivity index (χ0) is 18.4. The Morgan fingerprint density at radius 2 is 1.68 bits per heavy atom. The largest absolute Gasteiger partial charge is 0.508 e. The summed E-state index contributed by atoms with van der Waals surface area (Å²) in [5, 5.41) is 9.36. The number of phenols is 1. The smallest absolute Gasteiger partial charge is 0.344 e. The summed E-state index contributed by atoms with van der Waals surface area (Å²) in [5.41, 5.74) is 3.41. The molecule has 0 spiro atoms. The summed E-state index contributed by atoms with van der Waals surface area (Å²) >= 11 is 1.44. The molecule has 0 amide bonds. The summed E-state index contributed by atoms with van der Waals surface area (Å²) in [7, 11) is 1.38. The second-order valence-electron chi connectivity index (χ2n) is 6.83. The highest BCUT2D eigenvalue weighted by molar-refractivity contribution is 8.03. The van der Waals surface area contributed by atoms with Crippen LogP contribution in [0.25, 0.3) is 6.08 Å². The lowest BCUT2D eigenvalue weighted by molar-refractivity contribution is -0.135. The Bertz CT molecular complexity index is 738. The van der Waals surface area contributed by atoms with E-state index in [0.717, 1.165) is 11.1 Å². The maximum Gasteiger partial charge on any atom is 0.344 e. The molecule has 0 aliphatic rings. The van der Waals surface area contributed by atoms with Crippen LogP contribution in [0, 0.1) is 0 Å². The molecule has 0 saturated heterocycles. The van der Waals surface area contributed by atoms with Crippen molar-refractivity contribution in [3.05, 3.63) is 70.1 Å². The van der Waals surface area contributed by atoms with Gasteiger partial charge in [-0.1, -0.05) is 57.2 Å². The molecule has 0 aliphatic carbocycles. The molecule has 0 unspecified atom stereocenters. The fraction of sp³-hybridized carbons (Fsp3) is 0.286. The van der Waals surface area contributed by atoms with Crippen molar-refractivity contribution >= 4 is 23.8 Å². The van der Waals surface area contributed by atoms with E-state index in [1.807, 2.05) is 0 Å². The van der Waals surface area contributed by atoms with E-state index in [2.05, 4.69) is 45.0 Å². The van der Waals surface area contributed by atoms with Crippen molar-refractivity contribution < 1.29 is 14.6 Å². The van der Waals surface area contributed by atoms with Gasteiger partial charge in [0.25, 0.3) is 0 Å². The number of carbonyl (C=O) groups is 1. The summed E-state index contributed by atoms with van der Waals surface area (Å²) in [6, 6.07) is 15.2. The Kier molecular flexibility index (Phi) is 6.32. The Morgan fingerprint density at radius 3 is 2.20 bits per heavy atom. The normalized spacial score (nSPS) is 12.1. The van der Waals surface area contributed by atoms with Crippen LogP contribution in [0.4, 0.5) is 0 Å². The highest BCUT2D eigenvalue weighted by Crippen LogP contribution is 2.27. The first-order valence-electron chi connectivity index (χ1n) is 8.11. The van der Waals surface area contributed by atoms with Gasteiger partial charge in [0, 0.05) is 5.75 Å². The van der Waals surface area contributed by atoms with E-state index in [9.17, 15) is 9.90 Å². The van der Waals surface area contributed by atoms with Gasteiger partial charge < -0.3 is 9.84 Å². The summed E-state index contributed by atoms with van der Waals surface area (Å²) in [6.07, 6.45) is 1.78. The van der Waals surface area contributed by atoms with Crippen molar-refractivity contribution in [2.45, 2.75) is 31.9 Å². The van der Waals surface area contributed by atoms with Gasteiger partial charge in [0.1, 0.15) is 5.75 Å². The van der Waals surface area contributed by atoms with Crippen molar-refractivity contribution in [2.24, 2.45) is 0 Å². The molecular formula is C21H24O3S. The third kappa shape index (κ3) is 5.68. The zero-order valence-corrected chi connectivity index (χ0v) is 15.9. The minimum absolute atomic E-state index is 0.127. The predicted molar refractivity (Wildman–Crippen MR) is 105 cm³/mol. The standard InChI is InChI=1S/C21H24O3S/c1-21(2,3)17-9-5-16(6-10-17)14-25-19(20(23)24-4)13-15-7-11-18(22)12-8-15/h5-13,22H,14H2,1-4H3. The van der Waals surface area contributed by atoms with Crippen LogP contribution in [-0.2, 0) is 20.7 Å². The van der Waals surface area contributed by atoms with E-state index in [-0.39, 0.29) is 17.1 Å². The molecule has 2 aromatic carbocycles. The number of aromatic hydroxyl groups is 1. The van der Waals surface area contributed by atoms with Crippen molar-refractivity contribution in [1.29, 1.82) is 0 Å². The second-order valence-corrected chi connectivity index (χ2v) is 7.84. The summed E-state index contributed by atoms with van der Waals surface area (Å²) < 4.78 is 4.88. The Labute approximate surface area is 153 Å². The van der Waals surface area contributed by atoms with Crippen molar-refractivity contribution in [2.75, 3.05) is 7.11 Å². The van der Waals surface area contributed by atoms with Crippen molar-refractivity contribution in [1.82, 2.24) is 0 Å². The average molecular weight is 356 g/mol. The van der Waals surface area contributed by atoms with E-state index < -0.39 is 0 Å². The lowest BCUT2D eigenvalue weighted by atomic mass is 9.87. The predicted octanol–water partition coefficient (Wildman–Crippen LogP) is 5.14. The minimum atomic E-state index is -0.357. The van der Waals surface area contributed by atoms with Crippen molar-refractivity contribution in [3.8, 4) is 5.75 Å². The van der Waals surface area contributed by atoms with Gasteiger partial charge in [0.15, 0.2) is 0 Å². The van der Waals surface area contributed by atoms with E-state index in [0.29, 0.717) is 10.7 Å². The molecule has 2 aromatic rings. The van der Waals surface area contributed by atoms with Gasteiger partial charge in [-0.05, 0) is 40.3 Å². The Morgan fingerprint density at radius 1 is 1.08 bits per heavy atom. The summed E-state index contributed by atoms with van der Waals surface area (Å²) in [6.45, 7) is 6.56. The van der Waals surface area contributed by atoms with Crippen LogP contribution in [0.2, 0.25) is 0 Å². The zero-order valence-electron chi connectivity index (χ0n) is 15.1. The summed E-state index contributed by atoms with van der Waals surface area (Å²) in [5.74, 6) is 0.524. The number of carbonyl (C=O) groups excluding carboxylic acids is 1. The SMILES string of the molecule is COC(=O)C(=Cc1ccc(O)cc1)SCc1ccc(C(C)(C)C)cc1. The molecular weight excluding hydrogens is 332 g/mol. The molecule has 0 atom stereocenters. The molecule has 0 aromatic heterocycles.